The van der Waals surface area contributed by atoms with Crippen molar-refractivity contribution < 1.29 is 9.90 Å². The van der Waals surface area contributed by atoms with Crippen molar-refractivity contribution in [1.29, 1.82) is 0 Å². The minimum absolute atomic E-state index is 0.0298. The molecule has 1 heterocycles. The molecule has 0 fully saturated rings. The molecule has 0 unspecified atom stereocenters. The predicted octanol–water partition coefficient (Wildman–Crippen LogP) is 0.695. The first-order valence-electron chi connectivity index (χ1n) is 3.29. The zero-order chi connectivity index (χ0) is 8.27. The Kier molecular flexibility index (Phi) is 2.33. The second-order valence-electron chi connectivity index (χ2n) is 2.31. The molecule has 0 spiro atoms. The summed E-state index contributed by atoms with van der Waals surface area (Å²) < 4.78 is 0. The van der Waals surface area contributed by atoms with Crippen LogP contribution in [0.2, 0.25) is 0 Å². The van der Waals surface area contributed by atoms with Crippen molar-refractivity contribution in [2.24, 2.45) is 0 Å². The van der Waals surface area contributed by atoms with Gasteiger partial charge in [0.15, 0.2) is 6.29 Å². The van der Waals surface area contributed by atoms with Gasteiger partial charge in [-0.25, -0.2) is 0 Å². The molecule has 0 aliphatic heterocycles. The standard InChI is InChI=1S/C8H9NO2/c1-6-2-8(5-11)9-3-7(6)4-10/h2-3,5,10H,4H2,1H3. The van der Waals surface area contributed by atoms with Crippen molar-refractivity contribution in [3.8, 4) is 0 Å². The van der Waals surface area contributed by atoms with E-state index in [1.807, 2.05) is 6.92 Å². The number of carbonyl (C=O) groups is 1. The van der Waals surface area contributed by atoms with Gasteiger partial charge >= 0.3 is 0 Å². The molecular weight excluding hydrogens is 142 g/mol. The molecule has 11 heavy (non-hydrogen) atoms. The molecule has 0 aliphatic carbocycles. The molecule has 0 saturated heterocycles. The average molecular weight is 151 g/mol. The van der Waals surface area contributed by atoms with Crippen molar-refractivity contribution >= 4 is 6.29 Å². The molecular formula is C8H9NO2. The largest absolute Gasteiger partial charge is 0.392 e. The molecule has 0 saturated carbocycles. The monoisotopic (exact) mass is 151 g/mol. The van der Waals surface area contributed by atoms with Gasteiger partial charge in [0.25, 0.3) is 0 Å². The van der Waals surface area contributed by atoms with E-state index in [2.05, 4.69) is 4.98 Å². The Morgan fingerprint density at radius 2 is 2.45 bits per heavy atom. The van der Waals surface area contributed by atoms with Crippen LogP contribution in [0.3, 0.4) is 0 Å². The Bertz CT molecular complexity index is 271. The summed E-state index contributed by atoms with van der Waals surface area (Å²) in [4.78, 5) is 14.0. The summed E-state index contributed by atoms with van der Waals surface area (Å²) in [6.45, 7) is 1.80. The number of rotatable bonds is 2. The number of aromatic nitrogens is 1. The van der Waals surface area contributed by atoms with Gasteiger partial charge in [-0.3, -0.25) is 9.78 Å². The van der Waals surface area contributed by atoms with Crippen LogP contribution >= 0.6 is 0 Å². The third kappa shape index (κ3) is 1.62. The first-order valence-corrected chi connectivity index (χ1v) is 3.29. The smallest absolute Gasteiger partial charge is 0.168 e. The number of aliphatic hydroxyl groups excluding tert-OH is 1. The summed E-state index contributed by atoms with van der Waals surface area (Å²) in [7, 11) is 0. The Labute approximate surface area is 64.7 Å². The van der Waals surface area contributed by atoms with Crippen LogP contribution in [-0.2, 0) is 6.61 Å². The van der Waals surface area contributed by atoms with Crippen LogP contribution in [-0.4, -0.2) is 16.4 Å². The Hall–Kier alpha value is -1.22. The Morgan fingerprint density at radius 1 is 1.73 bits per heavy atom. The summed E-state index contributed by atoms with van der Waals surface area (Å²) >= 11 is 0. The molecule has 0 amide bonds. The Morgan fingerprint density at radius 3 is 2.91 bits per heavy atom. The second kappa shape index (κ2) is 3.25. The second-order valence-corrected chi connectivity index (χ2v) is 2.31. The fourth-order valence-electron chi connectivity index (χ4n) is 0.836. The maximum Gasteiger partial charge on any atom is 0.168 e. The van der Waals surface area contributed by atoms with E-state index in [0.29, 0.717) is 12.0 Å². The molecule has 3 heteroatoms. The van der Waals surface area contributed by atoms with Crippen molar-refractivity contribution in [1.82, 2.24) is 4.98 Å². The van der Waals surface area contributed by atoms with E-state index < -0.39 is 0 Å². The van der Waals surface area contributed by atoms with E-state index in [0.717, 1.165) is 11.1 Å². The lowest BCUT2D eigenvalue weighted by Crippen LogP contribution is -1.94. The third-order valence-electron chi connectivity index (χ3n) is 1.53. The first kappa shape index (κ1) is 7.88. The Balaban J connectivity index is 3.09. The van der Waals surface area contributed by atoms with E-state index in [9.17, 15) is 4.79 Å². The predicted molar refractivity (Wildman–Crippen MR) is 40.3 cm³/mol. The fourth-order valence-corrected chi connectivity index (χ4v) is 0.836. The number of hydrogen-bond donors (Lipinski definition) is 1. The fraction of sp³-hybridized carbons (Fsp3) is 0.250. The van der Waals surface area contributed by atoms with Crippen molar-refractivity contribution in [3.63, 3.8) is 0 Å². The van der Waals surface area contributed by atoms with E-state index in [1.54, 1.807) is 6.07 Å². The van der Waals surface area contributed by atoms with Gasteiger partial charge in [-0.05, 0) is 24.1 Å². The molecule has 0 bridgehead atoms. The minimum Gasteiger partial charge on any atom is -0.392 e. The maximum atomic E-state index is 10.2. The number of aldehydes is 1. The molecule has 1 aromatic heterocycles. The highest BCUT2D eigenvalue weighted by Crippen LogP contribution is 2.06. The highest BCUT2D eigenvalue weighted by atomic mass is 16.3. The molecule has 1 N–H and O–H groups in total. The number of carbonyl (C=O) groups excluding carboxylic acids is 1. The first-order chi connectivity index (χ1) is 5.27. The lowest BCUT2D eigenvalue weighted by molar-refractivity contribution is 0.111. The van der Waals surface area contributed by atoms with Crippen LogP contribution in [0.5, 0.6) is 0 Å². The van der Waals surface area contributed by atoms with Crippen molar-refractivity contribution in [2.45, 2.75) is 13.5 Å². The van der Waals surface area contributed by atoms with Gasteiger partial charge in [-0.2, -0.15) is 0 Å². The van der Waals surface area contributed by atoms with Gasteiger partial charge in [0, 0.05) is 6.20 Å². The van der Waals surface area contributed by atoms with Crippen LogP contribution in [0, 0.1) is 6.92 Å². The van der Waals surface area contributed by atoms with E-state index >= 15 is 0 Å². The van der Waals surface area contributed by atoms with Crippen LogP contribution in [0.1, 0.15) is 21.6 Å². The molecule has 0 aliphatic rings. The molecule has 1 aromatic rings. The zero-order valence-electron chi connectivity index (χ0n) is 6.24. The molecule has 58 valence electrons. The van der Waals surface area contributed by atoms with Gasteiger partial charge in [0.2, 0.25) is 0 Å². The third-order valence-corrected chi connectivity index (χ3v) is 1.53. The maximum absolute atomic E-state index is 10.2. The summed E-state index contributed by atoms with van der Waals surface area (Å²) in [5.74, 6) is 0. The quantitative estimate of drug-likeness (QED) is 0.633. The summed E-state index contributed by atoms with van der Waals surface area (Å²) in [5.41, 5.74) is 2.06. The lowest BCUT2D eigenvalue weighted by atomic mass is 10.1. The average Bonchev–Trinajstić information content (AvgIpc) is 2.04. The highest BCUT2D eigenvalue weighted by Gasteiger charge is 1.98. The number of hydrogen-bond acceptors (Lipinski definition) is 3. The van der Waals surface area contributed by atoms with Crippen molar-refractivity contribution in [3.05, 3.63) is 29.1 Å². The van der Waals surface area contributed by atoms with Crippen LogP contribution in [0.25, 0.3) is 0 Å². The summed E-state index contributed by atoms with van der Waals surface area (Å²) in [5, 5.41) is 8.75. The summed E-state index contributed by atoms with van der Waals surface area (Å²) in [6, 6.07) is 1.65. The topological polar surface area (TPSA) is 50.2 Å². The highest BCUT2D eigenvalue weighted by molar-refractivity contribution is 5.72. The van der Waals surface area contributed by atoms with E-state index in [4.69, 9.17) is 5.11 Å². The molecule has 3 nitrogen and oxygen atoms in total. The van der Waals surface area contributed by atoms with Crippen LogP contribution in [0.4, 0.5) is 0 Å². The molecule has 0 aromatic carbocycles. The van der Waals surface area contributed by atoms with Gasteiger partial charge in [0.05, 0.1) is 6.61 Å². The molecule has 0 radical (unpaired) electrons. The van der Waals surface area contributed by atoms with Gasteiger partial charge < -0.3 is 5.11 Å². The van der Waals surface area contributed by atoms with Crippen LogP contribution < -0.4 is 0 Å². The zero-order valence-corrected chi connectivity index (χ0v) is 6.24. The van der Waals surface area contributed by atoms with E-state index in [1.165, 1.54) is 6.20 Å². The van der Waals surface area contributed by atoms with Gasteiger partial charge in [-0.1, -0.05) is 0 Å². The SMILES string of the molecule is Cc1cc(C=O)ncc1CO. The lowest BCUT2D eigenvalue weighted by Gasteiger charge is -2.00. The number of aryl methyl sites for hydroxylation is 1. The van der Waals surface area contributed by atoms with Crippen LogP contribution in [0.15, 0.2) is 12.3 Å². The molecule has 0 atom stereocenters. The number of nitrogens with zero attached hydrogens (tertiary/aromatic N) is 1. The van der Waals surface area contributed by atoms with E-state index in [-0.39, 0.29) is 6.61 Å². The summed E-state index contributed by atoms with van der Waals surface area (Å²) in [6.07, 6.45) is 2.20. The number of aliphatic hydroxyl groups is 1. The normalized spacial score (nSPS) is 9.64. The van der Waals surface area contributed by atoms with Gasteiger partial charge in [-0.15, -0.1) is 0 Å². The van der Waals surface area contributed by atoms with Gasteiger partial charge in [0.1, 0.15) is 5.69 Å². The number of pyridine rings is 1. The van der Waals surface area contributed by atoms with Crippen molar-refractivity contribution in [2.75, 3.05) is 0 Å². The molecule has 1 rings (SSSR count). The minimum atomic E-state index is -0.0298.